The maximum Gasteiger partial charge on any atom is 0.330 e. The van der Waals surface area contributed by atoms with Gasteiger partial charge in [0.2, 0.25) is 5.65 Å². The van der Waals surface area contributed by atoms with Crippen molar-refractivity contribution in [1.82, 2.24) is 19.7 Å². The van der Waals surface area contributed by atoms with Crippen molar-refractivity contribution in [3.05, 3.63) is 17.8 Å². The van der Waals surface area contributed by atoms with Crippen LogP contribution in [0.5, 0.6) is 0 Å². The fourth-order valence-electron chi connectivity index (χ4n) is 0.991. The second-order valence-corrected chi connectivity index (χ2v) is 2.85. The average Bonchev–Trinajstić information content (AvgIpc) is 2.49. The zero-order valence-electron chi connectivity index (χ0n) is 7.14. The van der Waals surface area contributed by atoms with Gasteiger partial charge in [0.05, 0.1) is 0 Å². The highest BCUT2D eigenvalue weighted by Gasteiger charge is 2.09. The van der Waals surface area contributed by atoms with Gasteiger partial charge in [0.15, 0.2) is 5.15 Å². The van der Waals surface area contributed by atoms with Crippen LogP contribution in [0, 0.1) is 0 Å². The number of nitrogens with zero attached hydrogens (tertiary/aromatic N) is 4. The zero-order chi connectivity index (χ0) is 10.1. The van der Waals surface area contributed by atoms with Crippen molar-refractivity contribution >= 4 is 28.7 Å². The molecule has 2 rings (SSSR count). The molecular formula is C7H5ClN4O2. The molecule has 0 amide bonds. The summed E-state index contributed by atoms with van der Waals surface area (Å²) in [7, 11) is 0. The van der Waals surface area contributed by atoms with Gasteiger partial charge in [0, 0.05) is 6.92 Å². The normalized spacial score (nSPS) is 10.4. The van der Waals surface area contributed by atoms with E-state index >= 15 is 0 Å². The lowest BCUT2D eigenvalue weighted by molar-refractivity contribution is -0.141. The molecule has 0 atom stereocenters. The molecular weight excluding hydrogens is 208 g/mol. The Balaban J connectivity index is 2.58. The number of halogens is 1. The van der Waals surface area contributed by atoms with E-state index in [-0.39, 0.29) is 5.15 Å². The summed E-state index contributed by atoms with van der Waals surface area (Å²) in [5, 5.41) is 0.223. The van der Waals surface area contributed by atoms with Gasteiger partial charge >= 0.3 is 5.97 Å². The van der Waals surface area contributed by atoms with Crippen molar-refractivity contribution in [2.24, 2.45) is 0 Å². The molecule has 2 heterocycles. The lowest BCUT2D eigenvalue weighted by Gasteiger charge is -1.99. The number of aromatic nitrogens is 4. The highest BCUT2D eigenvalue weighted by molar-refractivity contribution is 6.33. The van der Waals surface area contributed by atoms with Crippen LogP contribution >= 0.6 is 11.6 Å². The molecule has 0 aromatic carbocycles. The van der Waals surface area contributed by atoms with Crippen LogP contribution in [0.4, 0.5) is 0 Å². The van der Waals surface area contributed by atoms with Gasteiger partial charge in [-0.05, 0) is 0 Å². The molecule has 0 saturated heterocycles. The Morgan fingerprint density at radius 1 is 1.50 bits per heavy atom. The Kier molecular flexibility index (Phi) is 2.05. The summed E-state index contributed by atoms with van der Waals surface area (Å²) < 4.78 is 1.14. The first-order valence-electron chi connectivity index (χ1n) is 3.71. The Morgan fingerprint density at radius 3 is 3.00 bits per heavy atom. The largest absolute Gasteiger partial charge is 0.334 e. The second-order valence-electron chi connectivity index (χ2n) is 2.49. The monoisotopic (exact) mass is 212 g/mol. The molecule has 0 aliphatic heterocycles. The van der Waals surface area contributed by atoms with E-state index in [1.807, 2.05) is 0 Å². The third-order valence-electron chi connectivity index (χ3n) is 1.49. The standard InChI is InChI=1S/C7H5ClN4O2/c1-4(13)14-12-3-11-5-6(8)9-2-10-7(5)12/h2-3H,1H3. The van der Waals surface area contributed by atoms with Gasteiger partial charge in [0.1, 0.15) is 18.2 Å². The minimum absolute atomic E-state index is 0.223. The van der Waals surface area contributed by atoms with Gasteiger partial charge in [-0.3, -0.25) is 0 Å². The van der Waals surface area contributed by atoms with Crippen molar-refractivity contribution in [3.8, 4) is 0 Å². The molecule has 0 N–H and O–H groups in total. The number of fused-ring (bicyclic) bond motifs is 1. The fraction of sp³-hybridized carbons (Fsp3) is 0.143. The van der Waals surface area contributed by atoms with E-state index in [0.717, 1.165) is 4.73 Å². The molecule has 0 radical (unpaired) electrons. The zero-order valence-corrected chi connectivity index (χ0v) is 7.89. The van der Waals surface area contributed by atoms with Crippen molar-refractivity contribution in [1.29, 1.82) is 0 Å². The van der Waals surface area contributed by atoms with Crippen LogP contribution in [0.1, 0.15) is 6.92 Å². The topological polar surface area (TPSA) is 69.9 Å². The van der Waals surface area contributed by atoms with E-state index in [1.54, 1.807) is 0 Å². The molecule has 6 nitrogen and oxygen atoms in total. The summed E-state index contributed by atoms with van der Waals surface area (Å²) >= 11 is 5.74. The first-order chi connectivity index (χ1) is 6.68. The van der Waals surface area contributed by atoms with E-state index < -0.39 is 5.97 Å². The first kappa shape index (κ1) is 8.89. The van der Waals surface area contributed by atoms with E-state index in [4.69, 9.17) is 16.4 Å². The van der Waals surface area contributed by atoms with Crippen LogP contribution in [0.25, 0.3) is 11.2 Å². The van der Waals surface area contributed by atoms with Gasteiger partial charge in [-0.2, -0.15) is 0 Å². The van der Waals surface area contributed by atoms with E-state index in [1.165, 1.54) is 19.6 Å². The first-order valence-corrected chi connectivity index (χ1v) is 4.08. The number of imidazole rings is 1. The van der Waals surface area contributed by atoms with E-state index in [0.29, 0.717) is 11.2 Å². The Labute approximate surface area is 83.5 Å². The number of carbonyl (C=O) groups is 1. The van der Waals surface area contributed by atoms with Crippen molar-refractivity contribution in [3.63, 3.8) is 0 Å². The molecule has 0 aliphatic rings. The Morgan fingerprint density at radius 2 is 2.29 bits per heavy atom. The fourth-order valence-corrected chi connectivity index (χ4v) is 1.17. The SMILES string of the molecule is CC(=O)On1cnc2c(Cl)ncnc21. The third-order valence-corrected chi connectivity index (χ3v) is 1.76. The summed E-state index contributed by atoms with van der Waals surface area (Å²) in [6.07, 6.45) is 2.58. The van der Waals surface area contributed by atoms with Crippen molar-refractivity contribution < 1.29 is 9.63 Å². The molecule has 2 aromatic heterocycles. The van der Waals surface area contributed by atoms with Crippen LogP contribution in [-0.2, 0) is 4.79 Å². The van der Waals surface area contributed by atoms with Crippen LogP contribution in [0.15, 0.2) is 12.7 Å². The number of hydrogen-bond donors (Lipinski definition) is 0. The van der Waals surface area contributed by atoms with Gasteiger partial charge in [-0.1, -0.05) is 11.6 Å². The third kappa shape index (κ3) is 1.39. The molecule has 0 saturated carbocycles. The minimum Gasteiger partial charge on any atom is -0.334 e. The van der Waals surface area contributed by atoms with Crippen LogP contribution in [0.2, 0.25) is 5.15 Å². The van der Waals surface area contributed by atoms with Crippen LogP contribution in [-0.4, -0.2) is 25.7 Å². The second kappa shape index (κ2) is 3.22. The minimum atomic E-state index is -0.459. The average molecular weight is 213 g/mol. The Bertz CT molecular complexity index is 495. The van der Waals surface area contributed by atoms with Gasteiger partial charge in [-0.25, -0.2) is 19.7 Å². The molecule has 0 aliphatic carbocycles. The molecule has 0 bridgehead atoms. The summed E-state index contributed by atoms with van der Waals surface area (Å²) in [6.45, 7) is 1.29. The number of carbonyl (C=O) groups excluding carboxylic acids is 1. The lowest BCUT2D eigenvalue weighted by Crippen LogP contribution is -2.15. The maximum absolute atomic E-state index is 10.7. The smallest absolute Gasteiger partial charge is 0.330 e. The van der Waals surface area contributed by atoms with E-state index in [2.05, 4.69) is 15.0 Å². The summed E-state index contributed by atoms with van der Waals surface area (Å²) in [5.74, 6) is -0.459. The summed E-state index contributed by atoms with van der Waals surface area (Å²) in [6, 6.07) is 0. The molecule has 0 unspecified atom stereocenters. The Hall–Kier alpha value is -1.69. The highest BCUT2D eigenvalue weighted by atomic mass is 35.5. The van der Waals surface area contributed by atoms with Gasteiger partial charge in [-0.15, -0.1) is 4.73 Å². The number of hydrogen-bond acceptors (Lipinski definition) is 5. The highest BCUT2D eigenvalue weighted by Crippen LogP contribution is 2.15. The summed E-state index contributed by atoms with van der Waals surface area (Å²) in [5.41, 5.74) is 0.760. The van der Waals surface area contributed by atoms with Gasteiger partial charge in [0.25, 0.3) is 0 Å². The predicted octanol–water partition coefficient (Wildman–Crippen LogP) is 0.455. The molecule has 72 valence electrons. The van der Waals surface area contributed by atoms with E-state index in [9.17, 15) is 4.79 Å². The van der Waals surface area contributed by atoms with Crippen molar-refractivity contribution in [2.45, 2.75) is 6.92 Å². The maximum atomic E-state index is 10.7. The van der Waals surface area contributed by atoms with Crippen LogP contribution < -0.4 is 4.84 Å². The molecule has 14 heavy (non-hydrogen) atoms. The molecule has 2 aromatic rings. The van der Waals surface area contributed by atoms with Crippen LogP contribution in [0.3, 0.4) is 0 Å². The molecule has 0 fully saturated rings. The lowest BCUT2D eigenvalue weighted by atomic mass is 10.6. The quantitative estimate of drug-likeness (QED) is 0.642. The molecule has 0 spiro atoms. The predicted molar refractivity (Wildman–Crippen MR) is 47.6 cm³/mol. The van der Waals surface area contributed by atoms with Crippen molar-refractivity contribution in [2.75, 3.05) is 0 Å². The molecule has 7 heteroatoms. The van der Waals surface area contributed by atoms with Gasteiger partial charge < -0.3 is 4.84 Å². The summed E-state index contributed by atoms with van der Waals surface area (Å²) in [4.78, 5) is 27.0. The number of rotatable bonds is 1.